The second-order valence-electron chi connectivity index (χ2n) is 3.89. The normalized spacial score (nSPS) is 11.0. The largest absolute Gasteiger partial charge is 0.264 e. The van der Waals surface area contributed by atoms with Gasteiger partial charge in [0.1, 0.15) is 22.5 Å². The smallest absolute Gasteiger partial charge is 0.264 e. The molecule has 0 fully saturated rings. The second-order valence-corrected chi connectivity index (χ2v) is 5.57. The summed E-state index contributed by atoms with van der Waals surface area (Å²) in [4.78, 5) is 3.72. The highest BCUT2D eigenvalue weighted by molar-refractivity contribution is 7.92. The zero-order valence-corrected chi connectivity index (χ0v) is 11.1. The lowest BCUT2D eigenvalue weighted by atomic mass is 10.4. The maximum absolute atomic E-state index is 12.1. The molecule has 2 aromatic heterocycles. The molecule has 0 atom stereocenters. The zero-order valence-electron chi connectivity index (χ0n) is 10.3. The zero-order chi connectivity index (χ0) is 14.0. The molecule has 7 nitrogen and oxygen atoms in total. The highest BCUT2D eigenvalue weighted by Crippen LogP contribution is 2.15. The molecule has 0 unspecified atom stereocenters. The van der Waals surface area contributed by atoms with E-state index in [1.54, 1.807) is 20.0 Å². The first-order valence-electron chi connectivity index (χ1n) is 5.32. The molecule has 2 rings (SSSR count). The van der Waals surface area contributed by atoms with E-state index in [0.717, 1.165) is 6.20 Å². The van der Waals surface area contributed by atoms with Gasteiger partial charge in [-0.1, -0.05) is 0 Å². The van der Waals surface area contributed by atoms with Crippen LogP contribution >= 0.6 is 0 Å². The summed E-state index contributed by atoms with van der Waals surface area (Å²) in [5.74, 6) is 0.363. The lowest BCUT2D eigenvalue weighted by Gasteiger charge is -2.07. The highest BCUT2D eigenvalue weighted by atomic mass is 32.2. The van der Waals surface area contributed by atoms with E-state index in [0.29, 0.717) is 11.5 Å². The molecule has 1 N–H and O–H groups in total. The van der Waals surface area contributed by atoms with Gasteiger partial charge >= 0.3 is 0 Å². The van der Waals surface area contributed by atoms with Crippen LogP contribution in [0, 0.1) is 18.3 Å². The van der Waals surface area contributed by atoms with Gasteiger partial charge in [-0.2, -0.15) is 10.4 Å². The average Bonchev–Trinajstić information content (AvgIpc) is 2.67. The number of pyridine rings is 1. The summed E-state index contributed by atoms with van der Waals surface area (Å²) in [5.41, 5.74) is 0.869. The predicted molar refractivity (Wildman–Crippen MR) is 67.7 cm³/mol. The number of nitriles is 1. The van der Waals surface area contributed by atoms with Crippen molar-refractivity contribution >= 4 is 15.8 Å². The van der Waals surface area contributed by atoms with Gasteiger partial charge in [0.25, 0.3) is 10.0 Å². The minimum atomic E-state index is -3.73. The molecule has 0 aliphatic heterocycles. The van der Waals surface area contributed by atoms with Crippen molar-refractivity contribution in [3.05, 3.63) is 35.8 Å². The van der Waals surface area contributed by atoms with Crippen molar-refractivity contribution in [3.63, 3.8) is 0 Å². The number of nitrogens with one attached hydrogen (secondary N) is 1. The number of aromatic nitrogens is 3. The van der Waals surface area contributed by atoms with E-state index in [-0.39, 0.29) is 10.6 Å². The Morgan fingerprint density at radius 1 is 1.42 bits per heavy atom. The fraction of sp³-hybridized carbons (Fsp3) is 0.182. The summed E-state index contributed by atoms with van der Waals surface area (Å²) in [6, 6.07) is 6.13. The number of rotatable bonds is 3. The molecule has 0 amide bonds. The van der Waals surface area contributed by atoms with Crippen LogP contribution in [0.5, 0.6) is 0 Å². The first kappa shape index (κ1) is 13.0. The van der Waals surface area contributed by atoms with Gasteiger partial charge in [0.15, 0.2) is 0 Å². The van der Waals surface area contributed by atoms with Crippen molar-refractivity contribution in [1.29, 1.82) is 5.26 Å². The number of hydrogen-bond donors (Lipinski definition) is 1. The Morgan fingerprint density at radius 2 is 2.16 bits per heavy atom. The average molecular weight is 277 g/mol. The fourth-order valence-electron chi connectivity index (χ4n) is 1.51. The standard InChI is InChI=1S/C11H11N5O2S/c1-8-5-11(16(2)14-8)15-19(17,18)10-4-3-9(6-12)13-7-10/h3-5,7,15H,1-2H3. The SMILES string of the molecule is Cc1cc(NS(=O)(=O)c2ccc(C#N)nc2)n(C)n1. The van der Waals surface area contributed by atoms with Crippen molar-refractivity contribution in [1.82, 2.24) is 14.8 Å². The number of anilines is 1. The van der Waals surface area contributed by atoms with Gasteiger partial charge in [0.2, 0.25) is 0 Å². The minimum absolute atomic E-state index is 0.00893. The maximum Gasteiger partial charge on any atom is 0.264 e. The third kappa shape index (κ3) is 2.71. The Hall–Kier alpha value is -2.40. The van der Waals surface area contributed by atoms with Crippen LogP contribution in [0.4, 0.5) is 5.82 Å². The third-order valence-corrected chi connectivity index (χ3v) is 3.74. The van der Waals surface area contributed by atoms with Crippen LogP contribution in [0.25, 0.3) is 0 Å². The fourth-order valence-corrected chi connectivity index (χ4v) is 2.53. The second kappa shape index (κ2) is 4.70. The number of nitrogens with zero attached hydrogens (tertiary/aromatic N) is 4. The topological polar surface area (TPSA) is 101 Å². The molecule has 0 saturated carbocycles. The molecule has 0 radical (unpaired) electrons. The summed E-state index contributed by atoms with van der Waals surface area (Å²) in [6.07, 6.45) is 1.14. The number of aryl methyl sites for hydroxylation is 2. The van der Waals surface area contributed by atoms with E-state index in [4.69, 9.17) is 5.26 Å². The van der Waals surface area contributed by atoms with E-state index in [1.165, 1.54) is 16.8 Å². The van der Waals surface area contributed by atoms with Crippen LogP contribution < -0.4 is 4.72 Å². The van der Waals surface area contributed by atoms with E-state index < -0.39 is 10.0 Å². The van der Waals surface area contributed by atoms with Gasteiger partial charge in [0.05, 0.1) is 5.69 Å². The van der Waals surface area contributed by atoms with Crippen LogP contribution in [0.2, 0.25) is 0 Å². The maximum atomic E-state index is 12.1. The van der Waals surface area contributed by atoms with Crippen molar-refractivity contribution in [2.45, 2.75) is 11.8 Å². The monoisotopic (exact) mass is 277 g/mol. The summed E-state index contributed by atoms with van der Waals surface area (Å²) in [5, 5.41) is 12.7. The van der Waals surface area contributed by atoms with Crippen molar-refractivity contribution in [3.8, 4) is 6.07 Å². The number of hydrogen-bond acceptors (Lipinski definition) is 5. The van der Waals surface area contributed by atoms with E-state index >= 15 is 0 Å². The lowest BCUT2D eigenvalue weighted by Crippen LogP contribution is -2.15. The summed E-state index contributed by atoms with van der Waals surface area (Å²) < 4.78 is 28.0. The molecule has 2 heterocycles. The van der Waals surface area contributed by atoms with E-state index in [2.05, 4.69) is 14.8 Å². The summed E-state index contributed by atoms with van der Waals surface area (Å²) in [7, 11) is -2.09. The molecule has 0 aromatic carbocycles. The van der Waals surface area contributed by atoms with Crippen molar-refractivity contribution in [2.75, 3.05) is 4.72 Å². The Morgan fingerprint density at radius 3 is 2.63 bits per heavy atom. The van der Waals surface area contributed by atoms with Gasteiger partial charge in [-0.3, -0.25) is 9.40 Å². The molecule has 0 aliphatic rings. The molecular weight excluding hydrogens is 266 g/mol. The molecule has 19 heavy (non-hydrogen) atoms. The van der Waals surface area contributed by atoms with Crippen molar-refractivity contribution in [2.24, 2.45) is 7.05 Å². The van der Waals surface area contributed by atoms with Crippen LogP contribution in [0.15, 0.2) is 29.3 Å². The van der Waals surface area contributed by atoms with E-state index in [1.807, 2.05) is 6.07 Å². The van der Waals surface area contributed by atoms with Crippen LogP contribution in [0.1, 0.15) is 11.4 Å². The molecule has 0 aliphatic carbocycles. The Labute approximate surface area is 110 Å². The third-order valence-electron chi connectivity index (χ3n) is 2.40. The predicted octanol–water partition coefficient (Wildman–Crippen LogP) is 0.796. The first-order chi connectivity index (χ1) is 8.92. The lowest BCUT2D eigenvalue weighted by molar-refractivity contribution is 0.600. The minimum Gasteiger partial charge on any atom is -0.264 e. The Kier molecular flexibility index (Phi) is 3.23. The molecule has 2 aromatic rings. The van der Waals surface area contributed by atoms with Crippen molar-refractivity contribution < 1.29 is 8.42 Å². The molecule has 0 saturated heterocycles. The quantitative estimate of drug-likeness (QED) is 0.894. The molecule has 0 bridgehead atoms. The molecule has 8 heteroatoms. The molecular formula is C11H11N5O2S. The molecule has 98 valence electrons. The molecule has 0 spiro atoms. The summed E-state index contributed by atoms with van der Waals surface area (Å²) in [6.45, 7) is 1.76. The van der Waals surface area contributed by atoms with Gasteiger partial charge in [-0.25, -0.2) is 13.4 Å². The Bertz CT molecular complexity index is 740. The van der Waals surface area contributed by atoms with Gasteiger partial charge in [-0.05, 0) is 19.1 Å². The van der Waals surface area contributed by atoms with Crippen LogP contribution in [-0.2, 0) is 17.1 Å². The highest BCUT2D eigenvalue weighted by Gasteiger charge is 2.16. The Balaban J connectivity index is 2.32. The van der Waals surface area contributed by atoms with Gasteiger partial charge in [0, 0.05) is 19.3 Å². The van der Waals surface area contributed by atoms with Crippen LogP contribution in [0.3, 0.4) is 0 Å². The van der Waals surface area contributed by atoms with Gasteiger partial charge < -0.3 is 0 Å². The van der Waals surface area contributed by atoms with Gasteiger partial charge in [-0.15, -0.1) is 0 Å². The number of sulfonamides is 1. The van der Waals surface area contributed by atoms with Crippen LogP contribution in [-0.4, -0.2) is 23.2 Å². The summed E-state index contributed by atoms with van der Waals surface area (Å²) >= 11 is 0. The first-order valence-corrected chi connectivity index (χ1v) is 6.80. The van der Waals surface area contributed by atoms with E-state index in [9.17, 15) is 8.42 Å².